The number of hydrogen-bond donors (Lipinski definition) is 5. The summed E-state index contributed by atoms with van der Waals surface area (Å²) in [6.07, 6.45) is 7.07. The quantitative estimate of drug-likeness (QED) is 0.0846. The van der Waals surface area contributed by atoms with E-state index in [2.05, 4.69) is 75.0 Å². The van der Waals surface area contributed by atoms with Gasteiger partial charge in [0.05, 0.1) is 35.3 Å². The monoisotopic (exact) mass is 833 g/mol. The second-order valence-corrected chi connectivity index (χ2v) is 16.5. The number of nitrogens with zero attached hydrogens (tertiary/aromatic N) is 8. The van der Waals surface area contributed by atoms with Crippen molar-refractivity contribution in [2.45, 2.75) is 91.5 Å². The molecule has 2 fully saturated rings. The van der Waals surface area contributed by atoms with Crippen molar-refractivity contribution < 1.29 is 18.9 Å². The first-order valence-corrected chi connectivity index (χ1v) is 21.1. The Morgan fingerprint density at radius 3 is 2.69 bits per heavy atom. The van der Waals surface area contributed by atoms with E-state index in [0.717, 1.165) is 80.0 Å². The maximum atomic E-state index is 13.8. The summed E-state index contributed by atoms with van der Waals surface area (Å²) < 4.78 is 9.37. The highest BCUT2D eigenvalue weighted by atomic mass is 16.5. The fourth-order valence-corrected chi connectivity index (χ4v) is 8.78. The minimum absolute atomic E-state index is 0.00449. The fraction of sp³-hybridized carbons (Fsp3) is 0.333. The van der Waals surface area contributed by atoms with Crippen LogP contribution in [0.1, 0.15) is 93.5 Å². The van der Waals surface area contributed by atoms with Crippen LogP contribution < -0.4 is 21.3 Å². The summed E-state index contributed by atoms with van der Waals surface area (Å²) in [5.41, 5.74) is 9.90. The van der Waals surface area contributed by atoms with Gasteiger partial charge in [0.25, 0.3) is 11.8 Å². The Bertz CT molecular complexity index is 2950. The Hall–Kier alpha value is -7.30. The maximum absolute atomic E-state index is 13.8. The Balaban J connectivity index is 0.853. The lowest BCUT2D eigenvalue weighted by Crippen LogP contribution is -2.49. The van der Waals surface area contributed by atoms with Crippen molar-refractivity contribution in [3.8, 4) is 11.1 Å². The lowest BCUT2D eigenvalue weighted by Gasteiger charge is -2.31. The zero-order chi connectivity index (χ0) is 42.8. The molecule has 0 bridgehead atoms. The summed E-state index contributed by atoms with van der Waals surface area (Å²) in [4.78, 5) is 59.1. The third-order valence-electron chi connectivity index (χ3n) is 12.1. The van der Waals surface area contributed by atoms with Gasteiger partial charge in [-0.25, -0.2) is 19.6 Å². The Kier molecular flexibility index (Phi) is 9.60. The van der Waals surface area contributed by atoms with Crippen LogP contribution in [0.3, 0.4) is 0 Å². The van der Waals surface area contributed by atoms with E-state index < -0.39 is 11.9 Å². The van der Waals surface area contributed by atoms with Crippen molar-refractivity contribution in [1.82, 2.24) is 55.0 Å². The molecule has 10 rings (SSSR count). The maximum Gasteiger partial charge on any atom is 0.289 e. The average molecular weight is 834 g/mol. The number of imidazole rings is 1. The zero-order valence-electron chi connectivity index (χ0n) is 35.1. The summed E-state index contributed by atoms with van der Waals surface area (Å²) in [5.74, 6) is 1.73. The van der Waals surface area contributed by atoms with E-state index in [1.54, 1.807) is 11.2 Å². The molecule has 7 heterocycles. The van der Waals surface area contributed by atoms with Gasteiger partial charge in [0, 0.05) is 83.3 Å². The van der Waals surface area contributed by atoms with Crippen molar-refractivity contribution >= 4 is 57.0 Å². The molecular weight excluding hydrogens is 787 g/mol. The van der Waals surface area contributed by atoms with Crippen LogP contribution in [0, 0.1) is 20.8 Å². The molecule has 1 atom stereocenters. The first-order valence-electron chi connectivity index (χ1n) is 21.1. The van der Waals surface area contributed by atoms with E-state index >= 15 is 0 Å². The van der Waals surface area contributed by atoms with Gasteiger partial charge in [0.1, 0.15) is 29.1 Å². The summed E-state index contributed by atoms with van der Waals surface area (Å²) >= 11 is 0. The molecule has 17 heteroatoms. The molecule has 17 nitrogen and oxygen atoms in total. The van der Waals surface area contributed by atoms with Crippen molar-refractivity contribution in [1.29, 1.82) is 0 Å². The molecular formula is C45H47N13O4. The number of piperidine rings is 1. The normalized spacial score (nSPS) is 16.4. The molecule has 0 radical (unpaired) electrons. The van der Waals surface area contributed by atoms with Crippen molar-refractivity contribution in [2.75, 3.05) is 17.2 Å². The lowest BCUT2D eigenvalue weighted by molar-refractivity contribution is -0.126. The van der Waals surface area contributed by atoms with Gasteiger partial charge in [-0.05, 0) is 88.8 Å². The van der Waals surface area contributed by atoms with E-state index in [-0.39, 0.29) is 24.2 Å². The number of H-pyrrole nitrogens is 1. The smallest absolute Gasteiger partial charge is 0.289 e. The van der Waals surface area contributed by atoms with Crippen LogP contribution in [0.5, 0.6) is 0 Å². The SMILES string of the molecule is C=C1CCC(N2Cc3c(NCCn4cnc(CNC(=O)c5nc(Nc6cc(C7CC7)nn6CC)c6c(n5)[nH]c5cc(-c7c(C)noc7C)c(C)cc56)c4)cccc3C2=O)C(=O)N1. The minimum atomic E-state index is -0.519. The van der Waals surface area contributed by atoms with E-state index in [1.807, 2.05) is 47.5 Å². The number of fused-ring (bicyclic) bond motifs is 4. The summed E-state index contributed by atoms with van der Waals surface area (Å²) in [6.45, 7) is 14.1. The number of anilines is 3. The predicted molar refractivity (Wildman–Crippen MR) is 233 cm³/mol. The molecule has 1 saturated carbocycles. The topological polar surface area (TPSA) is 206 Å². The van der Waals surface area contributed by atoms with E-state index in [0.29, 0.717) is 73.4 Å². The Morgan fingerprint density at radius 2 is 1.92 bits per heavy atom. The average Bonchev–Trinajstić information content (AvgIpc) is 3.51. The molecule has 316 valence electrons. The molecule has 7 aromatic rings. The summed E-state index contributed by atoms with van der Waals surface area (Å²) in [7, 11) is 0. The third kappa shape index (κ3) is 7.02. The molecule has 62 heavy (non-hydrogen) atoms. The first-order chi connectivity index (χ1) is 30.0. The second-order valence-electron chi connectivity index (χ2n) is 16.5. The Labute approximate surface area is 356 Å². The first kappa shape index (κ1) is 38.9. The molecule has 0 spiro atoms. The highest BCUT2D eigenvalue weighted by molar-refractivity contribution is 6.13. The molecule has 2 aromatic carbocycles. The third-order valence-corrected chi connectivity index (χ3v) is 12.1. The number of benzene rings is 2. The number of aryl methyl sites for hydroxylation is 4. The largest absolute Gasteiger partial charge is 0.383 e. The van der Waals surface area contributed by atoms with Gasteiger partial charge in [0.2, 0.25) is 11.7 Å². The molecule has 1 saturated heterocycles. The number of amides is 3. The molecule has 1 aliphatic carbocycles. The molecule has 3 amide bonds. The molecule has 3 aliphatic rings. The Morgan fingerprint density at radius 1 is 1.06 bits per heavy atom. The van der Waals surface area contributed by atoms with Crippen LogP contribution in [0.2, 0.25) is 0 Å². The van der Waals surface area contributed by atoms with Gasteiger partial charge < -0.3 is 40.2 Å². The van der Waals surface area contributed by atoms with Crippen LogP contribution in [0.15, 0.2) is 65.7 Å². The lowest BCUT2D eigenvalue weighted by atomic mass is 9.97. The van der Waals surface area contributed by atoms with E-state index in [1.165, 1.54) is 0 Å². The zero-order valence-corrected chi connectivity index (χ0v) is 35.1. The number of carbonyl (C=O) groups is 3. The van der Waals surface area contributed by atoms with E-state index in [4.69, 9.17) is 19.6 Å². The number of allylic oxidation sites excluding steroid dienone is 1. The molecule has 5 N–H and O–H groups in total. The van der Waals surface area contributed by atoms with Crippen molar-refractivity contribution in [3.63, 3.8) is 0 Å². The number of aromatic amines is 1. The van der Waals surface area contributed by atoms with Gasteiger partial charge >= 0.3 is 0 Å². The highest BCUT2D eigenvalue weighted by Gasteiger charge is 2.39. The van der Waals surface area contributed by atoms with Crippen LogP contribution in [0.25, 0.3) is 33.1 Å². The standard InChI is InChI=1S/C45H47N13O4/c1-6-58-37(18-34(54-58)27-11-12-27)51-41-39-31-16-23(2)30(38-25(4)55-62-26(38)5)17-35(31)50-40(39)52-42(53-41)44(60)47-19-28-20-56(22-48-28)15-14-46-33-9-7-8-29-32(33)21-57(45(29)61)36-13-10-24(3)49-43(36)59/h7-9,16-18,20,22,27,36,46H,3,6,10-15,19,21H2,1-2,4-5H3,(H,47,60)(H,49,59)(H2,50,51,52,53). The van der Waals surface area contributed by atoms with E-state index in [9.17, 15) is 14.4 Å². The number of rotatable bonds is 13. The van der Waals surface area contributed by atoms with Gasteiger partial charge in [-0.3, -0.25) is 14.4 Å². The number of carbonyl (C=O) groups excluding carboxylic acids is 3. The highest BCUT2D eigenvalue weighted by Crippen LogP contribution is 2.42. The van der Waals surface area contributed by atoms with Crippen molar-refractivity contribution in [2.24, 2.45) is 0 Å². The molecule has 1 unspecified atom stereocenters. The summed E-state index contributed by atoms with van der Waals surface area (Å²) in [5, 5.41) is 23.5. The second kappa shape index (κ2) is 15.3. The molecule has 5 aromatic heterocycles. The van der Waals surface area contributed by atoms with Crippen LogP contribution in [-0.2, 0) is 31.0 Å². The van der Waals surface area contributed by atoms with Gasteiger partial charge in [-0.1, -0.05) is 17.8 Å². The minimum Gasteiger partial charge on any atom is -0.383 e. The van der Waals surface area contributed by atoms with Crippen LogP contribution >= 0.6 is 0 Å². The number of aromatic nitrogens is 8. The van der Waals surface area contributed by atoms with Crippen molar-refractivity contribution in [3.05, 3.63) is 107 Å². The van der Waals surface area contributed by atoms with Crippen LogP contribution in [0.4, 0.5) is 17.3 Å². The molecule has 2 aliphatic heterocycles. The number of nitrogens with one attached hydrogen (secondary N) is 5. The van der Waals surface area contributed by atoms with Gasteiger partial charge in [-0.15, -0.1) is 0 Å². The van der Waals surface area contributed by atoms with Gasteiger partial charge in [-0.2, -0.15) is 5.10 Å². The van der Waals surface area contributed by atoms with Gasteiger partial charge in [0.15, 0.2) is 0 Å². The van der Waals surface area contributed by atoms with Crippen LogP contribution in [-0.4, -0.2) is 74.6 Å². The predicted octanol–water partition coefficient (Wildman–Crippen LogP) is 6.52. The summed E-state index contributed by atoms with van der Waals surface area (Å²) in [6, 6.07) is 11.4. The fourth-order valence-electron chi connectivity index (χ4n) is 8.78. The number of hydrogen-bond acceptors (Lipinski definition) is 11.